The highest BCUT2D eigenvalue weighted by Gasteiger charge is 2.33. The summed E-state index contributed by atoms with van der Waals surface area (Å²) in [5.41, 5.74) is 5.99. The van der Waals surface area contributed by atoms with Crippen molar-refractivity contribution in [2.24, 2.45) is 5.73 Å². The first kappa shape index (κ1) is 12.4. The molecule has 2 amide bonds. The molecule has 0 radical (unpaired) electrons. The average molecular weight is 274 g/mol. The molecule has 6 heteroatoms. The van der Waals surface area contributed by atoms with Crippen LogP contribution in [0.1, 0.15) is 17.2 Å². The van der Waals surface area contributed by atoms with E-state index in [1.165, 1.54) is 18.2 Å². The maximum Gasteiger partial charge on any atom is 0.339 e. The largest absolute Gasteiger partial charge is 0.457 e. The van der Waals surface area contributed by atoms with Crippen molar-refractivity contribution < 1.29 is 19.1 Å². The van der Waals surface area contributed by atoms with Crippen molar-refractivity contribution in [2.45, 2.75) is 6.04 Å². The number of rotatable bonds is 1. The van der Waals surface area contributed by atoms with Crippen molar-refractivity contribution in [1.82, 2.24) is 5.06 Å². The number of hydrogen-bond donors (Lipinski definition) is 2. The minimum absolute atomic E-state index is 0.338. The minimum atomic E-state index is -1.03. The molecule has 1 unspecified atom stereocenters. The molecule has 0 fully saturated rings. The van der Waals surface area contributed by atoms with E-state index in [4.69, 9.17) is 10.5 Å². The Morgan fingerprint density at radius 2 is 1.90 bits per heavy atom. The number of ether oxygens (including phenoxy) is 1. The first-order chi connectivity index (χ1) is 9.58. The highest BCUT2D eigenvalue weighted by molar-refractivity contribution is 5.72. The number of para-hydroxylation sites is 1. The fourth-order valence-corrected chi connectivity index (χ4v) is 2.30. The lowest BCUT2D eigenvalue weighted by atomic mass is 9.94. The van der Waals surface area contributed by atoms with E-state index in [0.29, 0.717) is 27.7 Å². The van der Waals surface area contributed by atoms with Crippen LogP contribution in [0, 0.1) is 5.82 Å². The van der Waals surface area contributed by atoms with Crippen LogP contribution in [0.25, 0.3) is 0 Å². The van der Waals surface area contributed by atoms with Crippen molar-refractivity contribution in [3.63, 3.8) is 0 Å². The molecule has 5 nitrogen and oxygen atoms in total. The van der Waals surface area contributed by atoms with E-state index in [9.17, 15) is 14.4 Å². The molecular formula is C14H11FN2O3. The van der Waals surface area contributed by atoms with Crippen LogP contribution in [0.15, 0.2) is 42.5 Å². The van der Waals surface area contributed by atoms with Crippen molar-refractivity contribution in [2.75, 3.05) is 0 Å². The first-order valence-electron chi connectivity index (χ1n) is 5.91. The molecule has 3 rings (SSSR count). The van der Waals surface area contributed by atoms with Crippen LogP contribution in [0.3, 0.4) is 0 Å². The summed E-state index contributed by atoms with van der Waals surface area (Å²) in [7, 11) is 0. The van der Waals surface area contributed by atoms with Crippen LogP contribution >= 0.6 is 0 Å². The van der Waals surface area contributed by atoms with E-state index in [1.807, 2.05) is 0 Å². The second-order valence-electron chi connectivity index (χ2n) is 4.41. The molecule has 20 heavy (non-hydrogen) atoms. The number of hydroxylamine groups is 2. The van der Waals surface area contributed by atoms with Gasteiger partial charge in [-0.1, -0.05) is 18.2 Å². The Kier molecular flexibility index (Phi) is 2.80. The van der Waals surface area contributed by atoms with Gasteiger partial charge in [0.25, 0.3) is 0 Å². The lowest BCUT2D eigenvalue weighted by Crippen LogP contribution is -2.37. The van der Waals surface area contributed by atoms with Crippen LogP contribution < -0.4 is 10.5 Å². The Balaban J connectivity index is 2.21. The van der Waals surface area contributed by atoms with Gasteiger partial charge < -0.3 is 10.5 Å². The summed E-state index contributed by atoms with van der Waals surface area (Å²) in [5.74, 6) is 0.363. The van der Waals surface area contributed by atoms with Gasteiger partial charge in [0.1, 0.15) is 23.4 Å². The molecule has 0 aliphatic carbocycles. The monoisotopic (exact) mass is 274 g/mol. The highest BCUT2D eigenvalue weighted by Crippen LogP contribution is 2.45. The number of nitrogens with two attached hydrogens (primary N) is 1. The maximum absolute atomic E-state index is 13.4. The Morgan fingerprint density at radius 3 is 2.65 bits per heavy atom. The molecule has 3 N–H and O–H groups in total. The van der Waals surface area contributed by atoms with E-state index < -0.39 is 17.9 Å². The van der Waals surface area contributed by atoms with Gasteiger partial charge in [0.15, 0.2) is 0 Å². The number of halogens is 1. The summed E-state index contributed by atoms with van der Waals surface area (Å²) in [6.07, 6.45) is 0. The molecular weight excluding hydrogens is 263 g/mol. The Hall–Kier alpha value is -2.60. The number of hydrogen-bond acceptors (Lipinski definition) is 3. The van der Waals surface area contributed by atoms with Crippen LogP contribution in [0.4, 0.5) is 9.18 Å². The summed E-state index contributed by atoms with van der Waals surface area (Å²) in [6, 6.07) is 8.85. The SMILES string of the molecule is NC(=O)N(O)C1c2ccccc2Oc2ccc(F)cc21. The predicted molar refractivity (Wildman–Crippen MR) is 68.0 cm³/mol. The number of carbonyl (C=O) groups is 1. The molecule has 0 saturated heterocycles. The van der Waals surface area contributed by atoms with Crippen molar-refractivity contribution in [3.05, 3.63) is 59.4 Å². The Bertz CT molecular complexity index is 690. The third-order valence-corrected chi connectivity index (χ3v) is 3.17. The predicted octanol–water partition coefficient (Wildman–Crippen LogP) is 2.79. The normalized spacial score (nSPS) is 15.8. The summed E-state index contributed by atoms with van der Waals surface area (Å²) >= 11 is 0. The third kappa shape index (κ3) is 1.86. The van der Waals surface area contributed by atoms with Gasteiger partial charge in [0.05, 0.1) is 0 Å². The first-order valence-corrected chi connectivity index (χ1v) is 5.91. The number of nitrogens with zero attached hydrogens (tertiary/aromatic N) is 1. The Morgan fingerprint density at radius 1 is 1.20 bits per heavy atom. The van der Waals surface area contributed by atoms with E-state index >= 15 is 0 Å². The number of urea groups is 1. The van der Waals surface area contributed by atoms with Gasteiger partial charge >= 0.3 is 6.03 Å². The summed E-state index contributed by atoms with van der Waals surface area (Å²) in [6.45, 7) is 0. The van der Waals surface area contributed by atoms with Gasteiger partial charge in [0.2, 0.25) is 0 Å². The maximum atomic E-state index is 13.4. The van der Waals surface area contributed by atoms with E-state index in [0.717, 1.165) is 0 Å². The van der Waals surface area contributed by atoms with Gasteiger partial charge in [-0.3, -0.25) is 5.21 Å². The number of primary amides is 1. The van der Waals surface area contributed by atoms with Gasteiger partial charge in [-0.05, 0) is 24.3 Å². The Labute approximate surface area is 114 Å². The lowest BCUT2D eigenvalue weighted by Gasteiger charge is -2.31. The molecule has 0 saturated carbocycles. The standard InChI is InChI=1S/C14H11FN2O3/c15-8-5-6-12-10(7-8)13(17(19)14(16)18)9-3-1-2-4-11(9)20-12/h1-7,13,19H,(H2,16,18). The third-order valence-electron chi connectivity index (χ3n) is 3.17. The zero-order valence-corrected chi connectivity index (χ0v) is 10.3. The number of fused-ring (bicyclic) bond motifs is 2. The van der Waals surface area contributed by atoms with Crippen LogP contribution in [0.5, 0.6) is 11.5 Å². The highest BCUT2D eigenvalue weighted by atomic mass is 19.1. The fourth-order valence-electron chi connectivity index (χ4n) is 2.30. The van der Waals surface area contributed by atoms with Crippen molar-refractivity contribution in [3.8, 4) is 11.5 Å². The van der Waals surface area contributed by atoms with Gasteiger partial charge in [-0.15, -0.1) is 0 Å². The van der Waals surface area contributed by atoms with Crippen LogP contribution in [0.2, 0.25) is 0 Å². The number of benzene rings is 2. The summed E-state index contributed by atoms with van der Waals surface area (Å²) in [4.78, 5) is 11.3. The zero-order valence-electron chi connectivity index (χ0n) is 10.3. The van der Waals surface area contributed by atoms with Crippen LogP contribution in [-0.2, 0) is 0 Å². The summed E-state index contributed by atoms with van der Waals surface area (Å²) < 4.78 is 19.1. The van der Waals surface area contributed by atoms with Crippen molar-refractivity contribution >= 4 is 6.03 Å². The molecule has 1 aliphatic rings. The van der Waals surface area contributed by atoms with Crippen molar-refractivity contribution in [1.29, 1.82) is 0 Å². The quantitative estimate of drug-likeness (QED) is 0.620. The van der Waals surface area contributed by atoms with E-state index in [1.54, 1.807) is 24.3 Å². The van der Waals surface area contributed by atoms with Gasteiger partial charge in [0, 0.05) is 11.1 Å². The second kappa shape index (κ2) is 4.50. The zero-order chi connectivity index (χ0) is 14.3. The molecule has 0 aromatic heterocycles. The molecule has 2 aromatic rings. The topological polar surface area (TPSA) is 75.8 Å². The molecule has 2 aromatic carbocycles. The number of carbonyl (C=O) groups excluding carboxylic acids is 1. The molecule has 1 heterocycles. The van der Waals surface area contributed by atoms with Gasteiger partial charge in [-0.25, -0.2) is 9.18 Å². The van der Waals surface area contributed by atoms with E-state index in [-0.39, 0.29) is 0 Å². The lowest BCUT2D eigenvalue weighted by molar-refractivity contribution is -0.0665. The smallest absolute Gasteiger partial charge is 0.339 e. The molecule has 0 bridgehead atoms. The minimum Gasteiger partial charge on any atom is -0.457 e. The van der Waals surface area contributed by atoms with E-state index in [2.05, 4.69) is 0 Å². The van der Waals surface area contributed by atoms with Gasteiger partial charge in [-0.2, -0.15) is 5.06 Å². The second-order valence-corrected chi connectivity index (χ2v) is 4.41. The van der Waals surface area contributed by atoms with Crippen LogP contribution in [-0.4, -0.2) is 16.3 Å². The number of amides is 2. The fraction of sp³-hybridized carbons (Fsp3) is 0.0714. The molecule has 102 valence electrons. The summed E-state index contributed by atoms with van der Waals surface area (Å²) in [5, 5.41) is 10.3. The average Bonchev–Trinajstić information content (AvgIpc) is 2.44. The molecule has 1 aliphatic heterocycles. The molecule has 1 atom stereocenters. The molecule has 0 spiro atoms.